The Morgan fingerprint density at radius 1 is 1.39 bits per heavy atom. The van der Waals surface area contributed by atoms with Crippen LogP contribution in [0.4, 0.5) is 0 Å². The van der Waals surface area contributed by atoms with E-state index in [0.717, 1.165) is 25.9 Å². The minimum absolute atomic E-state index is 0.139. The molecule has 5 heteroatoms. The number of hydrogen-bond acceptors (Lipinski definition) is 4. The van der Waals surface area contributed by atoms with E-state index >= 15 is 0 Å². The zero-order valence-corrected chi connectivity index (χ0v) is 11.7. The maximum Gasteiger partial charge on any atom is 0.220 e. The lowest BCUT2D eigenvalue weighted by atomic mass is 10.2. The second-order valence-corrected chi connectivity index (χ2v) is 5.06. The molecular formula is C13H22N2O2S. The first-order chi connectivity index (χ1) is 8.83. The standard InChI is InChI=1S/C13H22N2O2S/c1-17-10-9-14-7-8-15-13(16)6-2-4-12-5-3-11-18-12/h3,5,11,14H,2,4,6-10H2,1H3,(H,15,16). The first-order valence-corrected chi connectivity index (χ1v) is 7.19. The van der Waals surface area contributed by atoms with E-state index in [1.54, 1.807) is 18.4 Å². The number of thiophene rings is 1. The monoisotopic (exact) mass is 270 g/mol. The quantitative estimate of drug-likeness (QED) is 0.632. The van der Waals surface area contributed by atoms with Crippen molar-refractivity contribution >= 4 is 17.2 Å². The normalized spacial score (nSPS) is 10.5. The highest BCUT2D eigenvalue weighted by Gasteiger charge is 2.01. The highest BCUT2D eigenvalue weighted by Crippen LogP contribution is 2.11. The third-order valence-corrected chi connectivity index (χ3v) is 3.45. The molecule has 0 aliphatic heterocycles. The summed E-state index contributed by atoms with van der Waals surface area (Å²) in [6.45, 7) is 3.00. The number of carbonyl (C=O) groups is 1. The molecule has 1 rings (SSSR count). The van der Waals surface area contributed by atoms with Crippen LogP contribution in [0.2, 0.25) is 0 Å². The zero-order valence-electron chi connectivity index (χ0n) is 10.9. The lowest BCUT2D eigenvalue weighted by Gasteiger charge is -2.06. The summed E-state index contributed by atoms with van der Waals surface area (Å²) in [4.78, 5) is 12.9. The molecule has 0 spiro atoms. The fourth-order valence-electron chi connectivity index (χ4n) is 1.56. The van der Waals surface area contributed by atoms with Crippen molar-refractivity contribution < 1.29 is 9.53 Å². The van der Waals surface area contributed by atoms with Gasteiger partial charge in [0.2, 0.25) is 5.91 Å². The molecular weight excluding hydrogens is 248 g/mol. The summed E-state index contributed by atoms with van der Waals surface area (Å²) in [5.74, 6) is 0.139. The predicted molar refractivity (Wildman–Crippen MR) is 75.0 cm³/mol. The zero-order chi connectivity index (χ0) is 13.1. The fourth-order valence-corrected chi connectivity index (χ4v) is 2.31. The molecule has 0 saturated carbocycles. The van der Waals surface area contributed by atoms with Gasteiger partial charge in [-0.05, 0) is 24.3 Å². The van der Waals surface area contributed by atoms with Crippen molar-refractivity contribution in [2.45, 2.75) is 19.3 Å². The Kier molecular flexibility index (Phi) is 8.46. The van der Waals surface area contributed by atoms with Crippen LogP contribution >= 0.6 is 11.3 Å². The number of methoxy groups -OCH3 is 1. The van der Waals surface area contributed by atoms with E-state index in [0.29, 0.717) is 19.6 Å². The summed E-state index contributed by atoms with van der Waals surface area (Å²) in [5, 5.41) is 8.15. The summed E-state index contributed by atoms with van der Waals surface area (Å²) in [6.07, 6.45) is 2.52. The molecule has 0 saturated heterocycles. The highest BCUT2D eigenvalue weighted by atomic mass is 32.1. The van der Waals surface area contributed by atoms with Gasteiger partial charge < -0.3 is 15.4 Å². The number of ether oxygens (including phenoxy) is 1. The Labute approximate surface area is 113 Å². The summed E-state index contributed by atoms with van der Waals surface area (Å²) in [7, 11) is 1.68. The summed E-state index contributed by atoms with van der Waals surface area (Å²) in [6, 6.07) is 4.16. The molecule has 2 N–H and O–H groups in total. The lowest BCUT2D eigenvalue weighted by molar-refractivity contribution is -0.121. The molecule has 0 aliphatic carbocycles. The average molecular weight is 270 g/mol. The SMILES string of the molecule is COCCNCCNC(=O)CCCc1cccs1. The number of hydrogen-bond donors (Lipinski definition) is 2. The summed E-state index contributed by atoms with van der Waals surface area (Å²) < 4.78 is 4.91. The van der Waals surface area contributed by atoms with Crippen molar-refractivity contribution in [3.63, 3.8) is 0 Å². The number of rotatable bonds is 10. The molecule has 0 fully saturated rings. The Morgan fingerprint density at radius 2 is 2.28 bits per heavy atom. The van der Waals surface area contributed by atoms with Crippen LogP contribution in [0.1, 0.15) is 17.7 Å². The molecule has 0 unspecified atom stereocenters. The smallest absolute Gasteiger partial charge is 0.220 e. The van der Waals surface area contributed by atoms with Crippen LogP contribution in [-0.4, -0.2) is 39.3 Å². The first-order valence-electron chi connectivity index (χ1n) is 6.31. The van der Waals surface area contributed by atoms with Crippen molar-refractivity contribution in [3.8, 4) is 0 Å². The molecule has 18 heavy (non-hydrogen) atoms. The molecule has 1 heterocycles. The second kappa shape index (κ2) is 10.1. The third-order valence-electron chi connectivity index (χ3n) is 2.51. The van der Waals surface area contributed by atoms with E-state index in [9.17, 15) is 4.79 Å². The van der Waals surface area contributed by atoms with Gasteiger partial charge in [0.1, 0.15) is 0 Å². The maximum absolute atomic E-state index is 11.5. The Morgan fingerprint density at radius 3 is 3.00 bits per heavy atom. The van der Waals surface area contributed by atoms with Crippen LogP contribution < -0.4 is 10.6 Å². The van der Waals surface area contributed by atoms with Crippen LogP contribution in [0.3, 0.4) is 0 Å². The van der Waals surface area contributed by atoms with E-state index in [1.165, 1.54) is 4.88 Å². The van der Waals surface area contributed by atoms with Crippen molar-refractivity contribution in [1.29, 1.82) is 0 Å². The average Bonchev–Trinajstić information content (AvgIpc) is 2.87. The summed E-state index contributed by atoms with van der Waals surface area (Å²) in [5.41, 5.74) is 0. The molecule has 1 aromatic heterocycles. The van der Waals surface area contributed by atoms with E-state index in [2.05, 4.69) is 22.1 Å². The number of carbonyl (C=O) groups excluding carboxylic acids is 1. The first kappa shape index (κ1) is 15.1. The van der Waals surface area contributed by atoms with Gasteiger partial charge in [-0.15, -0.1) is 11.3 Å². The molecule has 102 valence electrons. The minimum atomic E-state index is 0.139. The van der Waals surface area contributed by atoms with Crippen LogP contribution in [0.15, 0.2) is 17.5 Å². The number of aryl methyl sites for hydroxylation is 1. The molecule has 0 bridgehead atoms. The lowest BCUT2D eigenvalue weighted by Crippen LogP contribution is -2.32. The van der Waals surface area contributed by atoms with Crippen LogP contribution in [-0.2, 0) is 16.0 Å². The van der Waals surface area contributed by atoms with Crippen LogP contribution in [0.5, 0.6) is 0 Å². The molecule has 4 nitrogen and oxygen atoms in total. The van der Waals surface area contributed by atoms with Gasteiger partial charge in [0.25, 0.3) is 0 Å². The van der Waals surface area contributed by atoms with Crippen molar-refractivity contribution in [3.05, 3.63) is 22.4 Å². The van der Waals surface area contributed by atoms with Crippen LogP contribution in [0, 0.1) is 0 Å². The van der Waals surface area contributed by atoms with Crippen molar-refractivity contribution in [1.82, 2.24) is 10.6 Å². The number of amides is 1. The van der Waals surface area contributed by atoms with Gasteiger partial charge in [0.15, 0.2) is 0 Å². The van der Waals surface area contributed by atoms with E-state index in [4.69, 9.17) is 4.74 Å². The molecule has 1 aromatic rings. The summed E-state index contributed by atoms with van der Waals surface area (Å²) >= 11 is 1.75. The van der Waals surface area contributed by atoms with Crippen molar-refractivity contribution in [2.75, 3.05) is 33.4 Å². The fraction of sp³-hybridized carbons (Fsp3) is 0.615. The predicted octanol–water partition coefficient (Wildman–Crippen LogP) is 1.42. The second-order valence-electron chi connectivity index (χ2n) is 4.03. The Bertz CT molecular complexity index is 315. The van der Waals surface area contributed by atoms with Crippen LogP contribution in [0.25, 0.3) is 0 Å². The van der Waals surface area contributed by atoms with Gasteiger partial charge in [0.05, 0.1) is 6.61 Å². The highest BCUT2D eigenvalue weighted by molar-refractivity contribution is 7.09. The van der Waals surface area contributed by atoms with Gasteiger partial charge in [0, 0.05) is 38.0 Å². The molecule has 0 aliphatic rings. The van der Waals surface area contributed by atoms with Gasteiger partial charge in [-0.1, -0.05) is 6.07 Å². The van der Waals surface area contributed by atoms with E-state index < -0.39 is 0 Å². The Balaban J connectivity index is 1.91. The van der Waals surface area contributed by atoms with Gasteiger partial charge >= 0.3 is 0 Å². The van der Waals surface area contributed by atoms with E-state index in [1.807, 2.05) is 6.07 Å². The minimum Gasteiger partial charge on any atom is -0.383 e. The van der Waals surface area contributed by atoms with Gasteiger partial charge in [-0.25, -0.2) is 0 Å². The topological polar surface area (TPSA) is 50.4 Å². The van der Waals surface area contributed by atoms with Gasteiger partial charge in [-0.2, -0.15) is 0 Å². The van der Waals surface area contributed by atoms with Crippen molar-refractivity contribution in [2.24, 2.45) is 0 Å². The van der Waals surface area contributed by atoms with Gasteiger partial charge in [-0.3, -0.25) is 4.79 Å². The maximum atomic E-state index is 11.5. The molecule has 1 amide bonds. The number of nitrogens with one attached hydrogen (secondary N) is 2. The van der Waals surface area contributed by atoms with E-state index in [-0.39, 0.29) is 5.91 Å². The largest absolute Gasteiger partial charge is 0.383 e. The third kappa shape index (κ3) is 7.42. The molecule has 0 aromatic carbocycles. The Hall–Kier alpha value is -0.910. The molecule has 0 atom stereocenters. The molecule has 0 radical (unpaired) electrons.